The zero-order chi connectivity index (χ0) is 24.0. The third-order valence-corrected chi connectivity index (χ3v) is 7.66. The molecule has 2 N–H and O–H groups in total. The van der Waals surface area contributed by atoms with E-state index in [2.05, 4.69) is 4.99 Å². The molecule has 0 bridgehead atoms. The molecule has 0 radical (unpaired) electrons. The number of primary sulfonamides is 1. The van der Waals surface area contributed by atoms with E-state index in [0.29, 0.717) is 25.8 Å². The van der Waals surface area contributed by atoms with Gasteiger partial charge in [-0.25, -0.2) is 13.6 Å². The first-order valence-corrected chi connectivity index (χ1v) is 13.7. The molecule has 0 aliphatic carbocycles. The number of thiazole rings is 1. The molecule has 0 fully saturated rings. The van der Waals surface area contributed by atoms with E-state index < -0.39 is 10.0 Å². The van der Waals surface area contributed by atoms with Crippen LogP contribution in [0.5, 0.6) is 0 Å². The summed E-state index contributed by atoms with van der Waals surface area (Å²) in [6.45, 7) is 2.23. The van der Waals surface area contributed by atoms with Crippen LogP contribution in [0.2, 0.25) is 5.02 Å². The van der Waals surface area contributed by atoms with E-state index >= 15 is 0 Å². The summed E-state index contributed by atoms with van der Waals surface area (Å²) in [5, 5.41) is 5.88. The largest absolute Gasteiger partial charge is 0.466 e. The van der Waals surface area contributed by atoms with E-state index in [-0.39, 0.29) is 42.8 Å². The van der Waals surface area contributed by atoms with E-state index in [1.165, 1.54) is 23.9 Å². The topological polar surface area (TPSA) is 121 Å². The first kappa shape index (κ1) is 25.4. The number of fused-ring (bicyclic) bond motifs is 1. The molecule has 176 valence electrons. The number of carbonyl (C=O) groups is 2. The predicted molar refractivity (Wildman–Crippen MR) is 130 cm³/mol. The summed E-state index contributed by atoms with van der Waals surface area (Å²) in [5.74, 6) is -0.158. The van der Waals surface area contributed by atoms with Crippen molar-refractivity contribution in [2.75, 3.05) is 12.4 Å². The van der Waals surface area contributed by atoms with Crippen molar-refractivity contribution in [1.29, 1.82) is 0 Å². The summed E-state index contributed by atoms with van der Waals surface area (Å²) in [4.78, 5) is 30.0. The average molecular weight is 528 g/mol. The second-order valence-electron chi connectivity index (χ2n) is 6.82. The van der Waals surface area contributed by atoms with E-state index in [1.54, 1.807) is 29.7 Å². The monoisotopic (exact) mass is 527 g/mol. The van der Waals surface area contributed by atoms with Gasteiger partial charge in [-0.2, -0.15) is 4.99 Å². The molecule has 0 aliphatic heterocycles. The fraction of sp³-hybridized carbons (Fsp3) is 0.286. The van der Waals surface area contributed by atoms with Gasteiger partial charge < -0.3 is 9.30 Å². The quantitative estimate of drug-likeness (QED) is 0.335. The molecule has 0 aliphatic rings. The first-order valence-electron chi connectivity index (χ1n) is 9.95. The number of thioether (sulfide) groups is 1. The van der Waals surface area contributed by atoms with Crippen molar-refractivity contribution in [3.63, 3.8) is 0 Å². The lowest BCUT2D eigenvalue weighted by atomic mass is 10.3. The Morgan fingerprint density at radius 3 is 2.58 bits per heavy atom. The zero-order valence-corrected chi connectivity index (χ0v) is 20.9. The highest BCUT2D eigenvalue weighted by Crippen LogP contribution is 2.23. The number of nitrogens with zero attached hydrogens (tertiary/aromatic N) is 2. The van der Waals surface area contributed by atoms with Gasteiger partial charge in [0.15, 0.2) is 4.80 Å². The number of halogens is 1. The number of carbonyl (C=O) groups excluding carboxylic acids is 2. The van der Waals surface area contributed by atoms with Gasteiger partial charge in [0.2, 0.25) is 15.9 Å². The molecule has 1 aromatic heterocycles. The van der Waals surface area contributed by atoms with Crippen molar-refractivity contribution in [2.24, 2.45) is 10.1 Å². The standard InChI is InChI=1S/C21H22ClN3O5S3/c1-2-30-20(27)9-11-25-17-8-7-16(33(23,28)29)13-18(17)32-21(25)24-19(26)10-12-31-15-5-3-14(22)4-6-15/h3-8,13H,2,9-12H2,1H3,(H2,23,28,29). The van der Waals surface area contributed by atoms with Gasteiger partial charge in [0.05, 0.1) is 28.1 Å². The minimum Gasteiger partial charge on any atom is -0.466 e. The van der Waals surface area contributed by atoms with Gasteiger partial charge >= 0.3 is 5.97 Å². The van der Waals surface area contributed by atoms with Crippen LogP contribution in [-0.4, -0.2) is 37.2 Å². The minimum atomic E-state index is -3.88. The van der Waals surface area contributed by atoms with Crippen LogP contribution in [0, 0.1) is 0 Å². The summed E-state index contributed by atoms with van der Waals surface area (Å²) in [6.07, 6.45) is 0.298. The van der Waals surface area contributed by atoms with Gasteiger partial charge in [0.1, 0.15) is 0 Å². The molecule has 0 atom stereocenters. The summed E-state index contributed by atoms with van der Waals surface area (Å²) in [7, 11) is -3.88. The maximum Gasteiger partial charge on any atom is 0.307 e. The fourth-order valence-corrected chi connectivity index (χ4v) is 5.61. The lowest BCUT2D eigenvalue weighted by Crippen LogP contribution is -2.19. The Hall–Kier alpha value is -2.18. The Morgan fingerprint density at radius 2 is 1.91 bits per heavy atom. The van der Waals surface area contributed by atoms with Crippen molar-refractivity contribution in [3.8, 4) is 0 Å². The summed E-state index contributed by atoms with van der Waals surface area (Å²) in [6, 6.07) is 11.8. The number of nitrogens with two attached hydrogens (primary N) is 1. The molecule has 1 heterocycles. The molecule has 12 heteroatoms. The number of hydrogen-bond donors (Lipinski definition) is 1. The molecule has 2 aromatic carbocycles. The maximum absolute atomic E-state index is 12.5. The lowest BCUT2D eigenvalue weighted by molar-refractivity contribution is -0.143. The Labute approximate surface area is 204 Å². The van der Waals surface area contributed by atoms with Crippen LogP contribution in [-0.2, 0) is 30.9 Å². The normalized spacial score (nSPS) is 12.3. The first-order chi connectivity index (χ1) is 15.7. The number of rotatable bonds is 9. The third kappa shape index (κ3) is 7.15. The Bertz CT molecular complexity index is 1330. The smallest absolute Gasteiger partial charge is 0.307 e. The number of aromatic nitrogens is 1. The third-order valence-electron chi connectivity index (χ3n) is 4.45. The molecular formula is C21H22ClN3O5S3. The average Bonchev–Trinajstić information content (AvgIpc) is 3.09. The van der Waals surface area contributed by atoms with Crippen molar-refractivity contribution in [1.82, 2.24) is 4.57 Å². The lowest BCUT2D eigenvalue weighted by Gasteiger charge is -2.06. The summed E-state index contributed by atoms with van der Waals surface area (Å²) >= 11 is 8.56. The number of aryl methyl sites for hydroxylation is 1. The minimum absolute atomic E-state index is 0.0361. The Morgan fingerprint density at radius 1 is 1.18 bits per heavy atom. The van der Waals surface area contributed by atoms with Crippen molar-refractivity contribution in [3.05, 3.63) is 52.3 Å². The Balaban J connectivity index is 1.85. The van der Waals surface area contributed by atoms with Gasteiger partial charge in [-0.3, -0.25) is 9.59 Å². The van der Waals surface area contributed by atoms with Crippen LogP contribution in [0.25, 0.3) is 10.2 Å². The number of ether oxygens (including phenoxy) is 1. The summed E-state index contributed by atoms with van der Waals surface area (Å²) < 4.78 is 30.7. The van der Waals surface area contributed by atoms with E-state index in [4.69, 9.17) is 21.5 Å². The maximum atomic E-state index is 12.5. The van der Waals surface area contributed by atoms with Gasteiger partial charge in [-0.15, -0.1) is 11.8 Å². The van der Waals surface area contributed by atoms with Gasteiger partial charge in [0.25, 0.3) is 0 Å². The molecule has 1 amide bonds. The molecular weight excluding hydrogens is 506 g/mol. The van der Waals surface area contributed by atoms with Crippen LogP contribution >= 0.6 is 34.7 Å². The fourth-order valence-electron chi connectivity index (χ4n) is 2.92. The van der Waals surface area contributed by atoms with E-state index in [9.17, 15) is 18.0 Å². The number of esters is 1. The van der Waals surface area contributed by atoms with Crippen LogP contribution in [0.15, 0.2) is 57.2 Å². The molecule has 3 aromatic rings. The van der Waals surface area contributed by atoms with Crippen LogP contribution in [0.4, 0.5) is 0 Å². The molecule has 3 rings (SSSR count). The number of amides is 1. The summed E-state index contributed by atoms with van der Waals surface area (Å²) in [5.41, 5.74) is 0.652. The molecule has 8 nitrogen and oxygen atoms in total. The van der Waals surface area contributed by atoms with Crippen molar-refractivity contribution >= 4 is 66.8 Å². The zero-order valence-electron chi connectivity index (χ0n) is 17.7. The second kappa shape index (κ2) is 11.3. The van der Waals surface area contributed by atoms with Crippen molar-refractivity contribution in [2.45, 2.75) is 36.1 Å². The molecule has 0 spiro atoms. The van der Waals surface area contributed by atoms with Gasteiger partial charge in [-0.1, -0.05) is 22.9 Å². The molecule has 0 unspecified atom stereocenters. The van der Waals surface area contributed by atoms with E-state index in [0.717, 1.165) is 16.2 Å². The number of sulfonamides is 1. The van der Waals surface area contributed by atoms with Gasteiger partial charge in [0, 0.05) is 28.6 Å². The second-order valence-corrected chi connectivity index (χ2v) is 11.0. The number of benzene rings is 2. The van der Waals surface area contributed by atoms with Crippen molar-refractivity contribution < 1.29 is 22.7 Å². The van der Waals surface area contributed by atoms with E-state index in [1.807, 2.05) is 12.1 Å². The predicted octanol–water partition coefficient (Wildman–Crippen LogP) is 3.57. The van der Waals surface area contributed by atoms with Crippen LogP contribution in [0.3, 0.4) is 0 Å². The highest BCUT2D eigenvalue weighted by atomic mass is 35.5. The van der Waals surface area contributed by atoms with Crippen LogP contribution < -0.4 is 9.94 Å². The number of hydrogen-bond acceptors (Lipinski definition) is 7. The highest BCUT2D eigenvalue weighted by molar-refractivity contribution is 7.99. The van der Waals surface area contributed by atoms with Gasteiger partial charge in [-0.05, 0) is 49.4 Å². The molecule has 33 heavy (non-hydrogen) atoms. The molecule has 0 saturated heterocycles. The Kier molecular flexibility index (Phi) is 8.71. The highest BCUT2D eigenvalue weighted by Gasteiger charge is 2.14. The van der Waals surface area contributed by atoms with Crippen LogP contribution in [0.1, 0.15) is 19.8 Å². The molecule has 0 saturated carbocycles. The SMILES string of the molecule is CCOC(=O)CCn1c(=NC(=O)CCSc2ccc(Cl)cc2)sc2cc(S(N)(=O)=O)ccc21.